The molecule has 2 heterocycles. The first-order valence-corrected chi connectivity index (χ1v) is 7.90. The van der Waals surface area contributed by atoms with E-state index in [1.54, 1.807) is 4.90 Å². The molecule has 0 bridgehead atoms. The van der Waals surface area contributed by atoms with Gasteiger partial charge in [-0.25, -0.2) is 4.79 Å². The lowest BCUT2D eigenvalue weighted by molar-refractivity contribution is 0.0292. The minimum Gasteiger partial charge on any atom is -0.444 e. The lowest BCUT2D eigenvalue weighted by Crippen LogP contribution is -2.39. The van der Waals surface area contributed by atoms with Crippen molar-refractivity contribution in [1.29, 1.82) is 0 Å². The van der Waals surface area contributed by atoms with E-state index in [1.165, 1.54) is 0 Å². The Morgan fingerprint density at radius 1 is 1.39 bits per heavy atom. The average molecular weight is 317 g/mol. The highest BCUT2D eigenvalue weighted by Crippen LogP contribution is 2.25. The van der Waals surface area contributed by atoms with Crippen LogP contribution in [0.3, 0.4) is 0 Å². The van der Waals surface area contributed by atoms with E-state index >= 15 is 0 Å². The van der Waals surface area contributed by atoms with E-state index in [1.807, 2.05) is 57.0 Å². The van der Waals surface area contributed by atoms with Crippen molar-refractivity contribution >= 4 is 23.2 Å². The Morgan fingerprint density at radius 2 is 2.13 bits per heavy atom. The molecule has 1 aromatic heterocycles. The molecule has 1 amide bonds. The monoisotopic (exact) mass is 317 g/mol. The van der Waals surface area contributed by atoms with Gasteiger partial charge < -0.3 is 19.0 Å². The molecule has 23 heavy (non-hydrogen) atoms. The number of likely N-dealkylation sites (tertiary alicyclic amines) is 1. The molecule has 2 aromatic rings. The molecule has 1 saturated heterocycles. The summed E-state index contributed by atoms with van der Waals surface area (Å²) < 4.78 is 11.2. The highest BCUT2D eigenvalue weighted by molar-refractivity contribution is 5.74. The van der Waals surface area contributed by atoms with Crippen molar-refractivity contribution in [2.75, 3.05) is 25.0 Å². The summed E-state index contributed by atoms with van der Waals surface area (Å²) >= 11 is 0. The van der Waals surface area contributed by atoms with Crippen molar-refractivity contribution < 1.29 is 13.9 Å². The number of nitrogens with zero attached hydrogens (tertiary/aromatic N) is 3. The molecule has 1 atom stereocenters. The van der Waals surface area contributed by atoms with Gasteiger partial charge in [-0.15, -0.1) is 0 Å². The van der Waals surface area contributed by atoms with E-state index in [-0.39, 0.29) is 12.1 Å². The maximum atomic E-state index is 12.2. The molecule has 1 fully saturated rings. The quantitative estimate of drug-likeness (QED) is 0.851. The summed E-state index contributed by atoms with van der Waals surface area (Å²) in [6.07, 6.45) is 0.611. The number of fused-ring (bicyclic) bond motifs is 1. The van der Waals surface area contributed by atoms with Crippen molar-refractivity contribution in [2.24, 2.45) is 0 Å². The third-order valence-corrected chi connectivity index (χ3v) is 3.95. The minimum absolute atomic E-state index is 0.176. The number of benzene rings is 1. The SMILES string of the molecule is CN(c1nc2ccccc2o1)[C@H]1CCN(C(=O)OC(C)(C)C)C1. The summed E-state index contributed by atoms with van der Waals surface area (Å²) in [5, 5.41) is 0. The highest BCUT2D eigenvalue weighted by Gasteiger charge is 2.33. The van der Waals surface area contributed by atoms with Crippen molar-refractivity contribution in [1.82, 2.24) is 9.88 Å². The molecule has 1 aromatic carbocycles. The van der Waals surface area contributed by atoms with Gasteiger partial charge in [-0.05, 0) is 39.3 Å². The van der Waals surface area contributed by atoms with E-state index in [2.05, 4.69) is 4.98 Å². The Bertz CT molecular complexity index is 671. The van der Waals surface area contributed by atoms with Gasteiger partial charge in [0.1, 0.15) is 11.1 Å². The van der Waals surface area contributed by atoms with Crippen LogP contribution in [0.1, 0.15) is 27.2 Å². The molecular formula is C17H23N3O3. The molecule has 0 radical (unpaired) electrons. The van der Waals surface area contributed by atoms with Crippen molar-refractivity contribution in [3.8, 4) is 0 Å². The summed E-state index contributed by atoms with van der Waals surface area (Å²) in [7, 11) is 1.95. The lowest BCUT2D eigenvalue weighted by Gasteiger charge is -2.26. The van der Waals surface area contributed by atoms with Gasteiger partial charge in [0.25, 0.3) is 6.01 Å². The van der Waals surface area contributed by atoms with Crippen LogP contribution in [0, 0.1) is 0 Å². The number of carbonyl (C=O) groups is 1. The molecule has 6 heteroatoms. The van der Waals surface area contributed by atoms with E-state index in [4.69, 9.17) is 9.15 Å². The lowest BCUT2D eigenvalue weighted by atomic mass is 10.2. The Labute approximate surface area is 136 Å². The van der Waals surface area contributed by atoms with Crippen LogP contribution < -0.4 is 4.90 Å². The van der Waals surface area contributed by atoms with Gasteiger partial charge in [-0.1, -0.05) is 12.1 Å². The molecule has 6 nitrogen and oxygen atoms in total. The standard InChI is InChI=1S/C17H23N3O3/c1-17(2,3)23-16(21)20-10-9-12(11-20)19(4)15-18-13-7-5-6-8-14(13)22-15/h5-8,12H,9-11H2,1-4H3/t12-/m0/s1. The van der Waals surface area contributed by atoms with Crippen LogP contribution in [-0.2, 0) is 4.74 Å². The molecule has 0 unspecified atom stereocenters. The maximum absolute atomic E-state index is 12.2. The summed E-state index contributed by atoms with van der Waals surface area (Å²) in [6.45, 7) is 6.93. The smallest absolute Gasteiger partial charge is 0.410 e. The van der Waals surface area contributed by atoms with Gasteiger partial charge >= 0.3 is 6.09 Å². The molecule has 3 rings (SSSR count). The molecule has 124 valence electrons. The average Bonchev–Trinajstić information content (AvgIpc) is 3.11. The molecule has 1 aliphatic heterocycles. The first-order chi connectivity index (χ1) is 10.8. The van der Waals surface area contributed by atoms with Crippen LogP contribution in [0.15, 0.2) is 28.7 Å². The van der Waals surface area contributed by atoms with Crippen LogP contribution >= 0.6 is 0 Å². The Hall–Kier alpha value is -2.24. The van der Waals surface area contributed by atoms with Crippen LogP contribution in [0.25, 0.3) is 11.1 Å². The number of amides is 1. The number of para-hydroxylation sites is 2. The summed E-state index contributed by atoms with van der Waals surface area (Å²) in [5.74, 6) is 0. The second-order valence-corrected chi connectivity index (χ2v) is 6.94. The number of ether oxygens (including phenoxy) is 1. The molecule has 0 spiro atoms. The molecule has 0 N–H and O–H groups in total. The summed E-state index contributed by atoms with van der Waals surface area (Å²) in [6, 6.07) is 8.46. The van der Waals surface area contributed by atoms with Crippen molar-refractivity contribution in [2.45, 2.75) is 38.8 Å². The largest absolute Gasteiger partial charge is 0.444 e. The Balaban J connectivity index is 1.67. The number of hydrogen-bond acceptors (Lipinski definition) is 5. The second-order valence-electron chi connectivity index (χ2n) is 6.94. The number of anilines is 1. The third kappa shape index (κ3) is 3.41. The predicted octanol–water partition coefficient (Wildman–Crippen LogP) is 3.27. The number of aromatic nitrogens is 1. The van der Waals surface area contributed by atoms with E-state index in [0.717, 1.165) is 17.5 Å². The number of rotatable bonds is 2. The summed E-state index contributed by atoms with van der Waals surface area (Å²) in [5.41, 5.74) is 1.15. The fraction of sp³-hybridized carbons (Fsp3) is 0.529. The molecule has 1 aliphatic rings. The van der Waals surface area contributed by atoms with Gasteiger partial charge in [0.05, 0.1) is 6.04 Å². The van der Waals surface area contributed by atoms with Crippen molar-refractivity contribution in [3.63, 3.8) is 0 Å². The fourth-order valence-electron chi connectivity index (χ4n) is 2.72. The number of hydrogen-bond donors (Lipinski definition) is 0. The van der Waals surface area contributed by atoms with Crippen LogP contribution in [0.4, 0.5) is 10.8 Å². The van der Waals surface area contributed by atoms with Crippen LogP contribution in [-0.4, -0.2) is 47.8 Å². The number of carbonyl (C=O) groups excluding carboxylic acids is 1. The zero-order valence-electron chi connectivity index (χ0n) is 14.1. The van der Waals surface area contributed by atoms with Crippen LogP contribution in [0.5, 0.6) is 0 Å². The zero-order chi connectivity index (χ0) is 16.6. The van der Waals surface area contributed by atoms with Gasteiger partial charge in [0.2, 0.25) is 0 Å². The molecule has 0 aliphatic carbocycles. The third-order valence-electron chi connectivity index (χ3n) is 3.95. The molecule has 0 saturated carbocycles. The number of likely N-dealkylation sites (N-methyl/N-ethyl adjacent to an activating group) is 1. The van der Waals surface area contributed by atoms with Gasteiger partial charge in [0.15, 0.2) is 5.58 Å². The van der Waals surface area contributed by atoms with Gasteiger partial charge in [-0.2, -0.15) is 4.98 Å². The van der Waals surface area contributed by atoms with Gasteiger partial charge in [-0.3, -0.25) is 0 Å². The van der Waals surface area contributed by atoms with E-state index < -0.39 is 5.60 Å². The highest BCUT2D eigenvalue weighted by atomic mass is 16.6. The van der Waals surface area contributed by atoms with E-state index in [9.17, 15) is 4.79 Å². The maximum Gasteiger partial charge on any atom is 0.410 e. The van der Waals surface area contributed by atoms with Gasteiger partial charge in [0, 0.05) is 20.1 Å². The number of oxazole rings is 1. The topological polar surface area (TPSA) is 58.8 Å². The normalized spacial score (nSPS) is 18.4. The Morgan fingerprint density at radius 3 is 2.83 bits per heavy atom. The van der Waals surface area contributed by atoms with Crippen molar-refractivity contribution in [3.05, 3.63) is 24.3 Å². The first-order valence-electron chi connectivity index (χ1n) is 7.90. The fourth-order valence-corrected chi connectivity index (χ4v) is 2.72. The zero-order valence-corrected chi connectivity index (χ0v) is 14.1. The van der Waals surface area contributed by atoms with E-state index in [0.29, 0.717) is 19.1 Å². The predicted molar refractivity (Wildman–Crippen MR) is 88.6 cm³/mol. The summed E-state index contributed by atoms with van der Waals surface area (Å²) in [4.78, 5) is 20.4. The molecular weight excluding hydrogens is 294 g/mol. The Kier molecular flexibility index (Phi) is 3.92. The minimum atomic E-state index is -0.471. The first kappa shape index (κ1) is 15.6. The van der Waals surface area contributed by atoms with Crippen LogP contribution in [0.2, 0.25) is 0 Å². The second kappa shape index (κ2) is 5.76.